The Bertz CT molecular complexity index is 584. The van der Waals surface area contributed by atoms with Crippen LogP contribution in [0.2, 0.25) is 0 Å². The van der Waals surface area contributed by atoms with Gasteiger partial charge in [0, 0.05) is 12.4 Å². The highest BCUT2D eigenvalue weighted by atomic mass is 16.5. The van der Waals surface area contributed by atoms with Crippen molar-refractivity contribution < 1.29 is 4.74 Å². The molecule has 1 fully saturated rings. The molecule has 2 aromatic rings. The highest BCUT2D eigenvalue weighted by molar-refractivity contribution is 5.29. The zero-order chi connectivity index (χ0) is 15.4. The minimum atomic E-state index is 0.417. The molecule has 22 heavy (non-hydrogen) atoms. The van der Waals surface area contributed by atoms with E-state index in [-0.39, 0.29) is 0 Å². The van der Waals surface area contributed by atoms with Crippen molar-refractivity contribution in [2.75, 3.05) is 0 Å². The lowest BCUT2D eigenvalue weighted by Crippen LogP contribution is -2.10. The van der Waals surface area contributed by atoms with Crippen LogP contribution in [0.1, 0.15) is 55.5 Å². The molecule has 0 N–H and O–H groups in total. The third kappa shape index (κ3) is 3.85. The van der Waals surface area contributed by atoms with E-state index >= 15 is 0 Å². The normalized spacial score (nSPS) is 21.5. The first-order chi connectivity index (χ1) is 10.7. The fourth-order valence-corrected chi connectivity index (χ4v) is 3.07. The zero-order valence-electron chi connectivity index (χ0n) is 13.5. The summed E-state index contributed by atoms with van der Waals surface area (Å²) in [4.78, 5) is 8.51. The van der Waals surface area contributed by atoms with Crippen molar-refractivity contribution >= 4 is 0 Å². The van der Waals surface area contributed by atoms with Crippen LogP contribution in [0.15, 0.2) is 36.7 Å². The quantitative estimate of drug-likeness (QED) is 0.823. The van der Waals surface area contributed by atoms with Crippen molar-refractivity contribution in [3.8, 4) is 5.75 Å². The van der Waals surface area contributed by atoms with Gasteiger partial charge in [0.2, 0.25) is 0 Å². The summed E-state index contributed by atoms with van der Waals surface area (Å²) < 4.78 is 5.77. The minimum absolute atomic E-state index is 0.417. The number of ether oxygens (including phenoxy) is 1. The van der Waals surface area contributed by atoms with E-state index in [0.29, 0.717) is 6.61 Å². The van der Waals surface area contributed by atoms with Crippen LogP contribution in [0.4, 0.5) is 0 Å². The first kappa shape index (κ1) is 15.0. The zero-order valence-corrected chi connectivity index (χ0v) is 13.5. The Labute approximate surface area is 132 Å². The second kappa shape index (κ2) is 6.91. The molecule has 1 aliphatic rings. The molecule has 1 aliphatic carbocycles. The highest BCUT2D eigenvalue weighted by Crippen LogP contribution is 2.35. The van der Waals surface area contributed by atoms with Crippen LogP contribution >= 0.6 is 0 Å². The van der Waals surface area contributed by atoms with Gasteiger partial charge in [0.1, 0.15) is 12.4 Å². The van der Waals surface area contributed by atoms with Gasteiger partial charge in [-0.05, 0) is 54.9 Å². The number of aromatic nitrogens is 2. The second-order valence-electron chi connectivity index (χ2n) is 6.49. The lowest BCUT2D eigenvalue weighted by molar-refractivity contribution is 0.295. The molecule has 0 radical (unpaired) electrons. The molecule has 1 saturated carbocycles. The Balaban J connectivity index is 1.56. The first-order valence-electron chi connectivity index (χ1n) is 8.21. The third-order valence-electron chi connectivity index (χ3n) is 4.57. The number of benzene rings is 1. The average Bonchev–Trinajstić information content (AvgIpc) is 2.56. The molecule has 116 valence electrons. The number of nitrogens with zero attached hydrogens (tertiary/aromatic N) is 2. The maximum atomic E-state index is 5.77. The summed E-state index contributed by atoms with van der Waals surface area (Å²) in [6.45, 7) is 4.76. The van der Waals surface area contributed by atoms with Gasteiger partial charge in [-0.15, -0.1) is 0 Å². The van der Waals surface area contributed by atoms with E-state index in [1.54, 1.807) is 0 Å². The van der Waals surface area contributed by atoms with Crippen LogP contribution in [-0.2, 0) is 6.61 Å². The summed E-state index contributed by atoms with van der Waals surface area (Å²) in [5.74, 6) is 3.23. The predicted molar refractivity (Wildman–Crippen MR) is 87.9 cm³/mol. The highest BCUT2D eigenvalue weighted by Gasteiger charge is 2.19. The molecule has 3 rings (SSSR count). The molecule has 0 bridgehead atoms. The largest absolute Gasteiger partial charge is 0.486 e. The Morgan fingerprint density at radius 3 is 2.27 bits per heavy atom. The van der Waals surface area contributed by atoms with Crippen molar-refractivity contribution in [1.82, 2.24) is 9.97 Å². The Morgan fingerprint density at radius 1 is 1.00 bits per heavy atom. The average molecular weight is 296 g/mol. The van der Waals surface area contributed by atoms with E-state index in [1.165, 1.54) is 31.2 Å². The standard InChI is InChI=1S/C19H24N2O/c1-14-3-5-16(6-4-14)17-7-9-18(10-8-17)22-13-19-20-11-15(2)12-21-19/h7-12,14,16H,3-6,13H2,1-2H3. The van der Waals surface area contributed by atoms with Gasteiger partial charge in [-0.25, -0.2) is 9.97 Å². The summed E-state index contributed by atoms with van der Waals surface area (Å²) in [5, 5.41) is 0. The molecule has 0 spiro atoms. The topological polar surface area (TPSA) is 35.0 Å². The summed E-state index contributed by atoms with van der Waals surface area (Å²) in [6, 6.07) is 8.57. The van der Waals surface area contributed by atoms with Crippen LogP contribution in [0, 0.1) is 12.8 Å². The van der Waals surface area contributed by atoms with Gasteiger partial charge < -0.3 is 4.74 Å². The fourth-order valence-electron chi connectivity index (χ4n) is 3.07. The lowest BCUT2D eigenvalue weighted by atomic mass is 9.79. The van der Waals surface area contributed by atoms with E-state index in [4.69, 9.17) is 4.74 Å². The molecule has 3 heteroatoms. The molecule has 0 aliphatic heterocycles. The Hall–Kier alpha value is -1.90. The van der Waals surface area contributed by atoms with E-state index in [0.717, 1.165) is 29.0 Å². The van der Waals surface area contributed by atoms with Gasteiger partial charge in [0.05, 0.1) is 0 Å². The predicted octanol–water partition coefficient (Wildman–Crippen LogP) is 4.66. The number of aryl methyl sites for hydroxylation is 1. The molecular weight excluding hydrogens is 272 g/mol. The molecular formula is C19H24N2O. The second-order valence-corrected chi connectivity index (χ2v) is 6.49. The van der Waals surface area contributed by atoms with Gasteiger partial charge in [-0.3, -0.25) is 0 Å². The van der Waals surface area contributed by atoms with E-state index < -0.39 is 0 Å². The van der Waals surface area contributed by atoms with E-state index in [9.17, 15) is 0 Å². The molecule has 1 aromatic carbocycles. The van der Waals surface area contributed by atoms with Crippen molar-refractivity contribution in [3.63, 3.8) is 0 Å². The van der Waals surface area contributed by atoms with Crippen molar-refractivity contribution in [1.29, 1.82) is 0 Å². The van der Waals surface area contributed by atoms with Gasteiger partial charge in [-0.1, -0.05) is 31.9 Å². The molecule has 0 unspecified atom stereocenters. The molecule has 1 aromatic heterocycles. The number of rotatable bonds is 4. The van der Waals surface area contributed by atoms with Crippen LogP contribution in [0.5, 0.6) is 5.75 Å². The summed E-state index contributed by atoms with van der Waals surface area (Å²) in [5.41, 5.74) is 2.51. The maximum absolute atomic E-state index is 5.77. The maximum Gasteiger partial charge on any atom is 0.166 e. The smallest absolute Gasteiger partial charge is 0.166 e. The van der Waals surface area contributed by atoms with Gasteiger partial charge >= 0.3 is 0 Å². The monoisotopic (exact) mass is 296 g/mol. The summed E-state index contributed by atoms with van der Waals surface area (Å²) in [6.07, 6.45) is 8.98. The first-order valence-corrected chi connectivity index (χ1v) is 8.21. The van der Waals surface area contributed by atoms with Crippen LogP contribution in [0.25, 0.3) is 0 Å². The van der Waals surface area contributed by atoms with Crippen molar-refractivity contribution in [2.45, 2.75) is 52.1 Å². The number of hydrogen-bond acceptors (Lipinski definition) is 3. The SMILES string of the molecule is Cc1cnc(COc2ccc(C3CCC(C)CC3)cc2)nc1. The van der Waals surface area contributed by atoms with E-state index in [2.05, 4.69) is 41.2 Å². The van der Waals surface area contributed by atoms with Crippen LogP contribution in [-0.4, -0.2) is 9.97 Å². The minimum Gasteiger partial charge on any atom is -0.486 e. The molecule has 0 atom stereocenters. The van der Waals surface area contributed by atoms with Crippen LogP contribution in [0.3, 0.4) is 0 Å². The van der Waals surface area contributed by atoms with Gasteiger partial charge in [0.15, 0.2) is 5.82 Å². The summed E-state index contributed by atoms with van der Waals surface area (Å²) >= 11 is 0. The summed E-state index contributed by atoms with van der Waals surface area (Å²) in [7, 11) is 0. The van der Waals surface area contributed by atoms with Crippen molar-refractivity contribution in [2.24, 2.45) is 5.92 Å². The lowest BCUT2D eigenvalue weighted by Gasteiger charge is -2.26. The third-order valence-corrected chi connectivity index (χ3v) is 4.57. The Morgan fingerprint density at radius 2 is 1.64 bits per heavy atom. The van der Waals surface area contributed by atoms with E-state index in [1.807, 2.05) is 19.3 Å². The van der Waals surface area contributed by atoms with Gasteiger partial charge in [-0.2, -0.15) is 0 Å². The Kier molecular flexibility index (Phi) is 4.71. The fraction of sp³-hybridized carbons (Fsp3) is 0.474. The molecule has 0 saturated heterocycles. The number of hydrogen-bond donors (Lipinski definition) is 0. The van der Waals surface area contributed by atoms with Gasteiger partial charge in [0.25, 0.3) is 0 Å². The molecule has 1 heterocycles. The van der Waals surface area contributed by atoms with Crippen molar-refractivity contribution in [3.05, 3.63) is 53.6 Å². The molecule has 0 amide bonds. The van der Waals surface area contributed by atoms with Crippen LogP contribution < -0.4 is 4.74 Å². The molecule has 3 nitrogen and oxygen atoms in total.